The van der Waals surface area contributed by atoms with Crippen LogP contribution < -0.4 is 10.6 Å². The highest BCUT2D eigenvalue weighted by molar-refractivity contribution is 7.10. The van der Waals surface area contributed by atoms with Crippen LogP contribution in [0.4, 0.5) is 0 Å². The van der Waals surface area contributed by atoms with Gasteiger partial charge in [-0.2, -0.15) is 0 Å². The maximum atomic E-state index is 13.1. The van der Waals surface area contributed by atoms with Crippen molar-refractivity contribution in [3.8, 4) is 0 Å². The van der Waals surface area contributed by atoms with E-state index < -0.39 is 6.04 Å². The van der Waals surface area contributed by atoms with Crippen molar-refractivity contribution in [2.24, 2.45) is 0 Å². The number of thiophene rings is 1. The predicted molar refractivity (Wildman–Crippen MR) is 117 cm³/mol. The van der Waals surface area contributed by atoms with Crippen LogP contribution >= 0.6 is 11.3 Å². The van der Waals surface area contributed by atoms with Gasteiger partial charge in [-0.3, -0.25) is 9.59 Å². The van der Waals surface area contributed by atoms with Gasteiger partial charge in [0.1, 0.15) is 6.04 Å². The van der Waals surface area contributed by atoms with E-state index in [0.29, 0.717) is 12.1 Å². The van der Waals surface area contributed by atoms with Crippen molar-refractivity contribution in [3.05, 3.63) is 94.2 Å². The van der Waals surface area contributed by atoms with Crippen molar-refractivity contribution in [1.82, 2.24) is 15.5 Å². The third-order valence-electron chi connectivity index (χ3n) is 4.67. The van der Waals surface area contributed by atoms with E-state index in [0.717, 1.165) is 5.56 Å². The molecule has 0 bridgehead atoms. The van der Waals surface area contributed by atoms with Crippen molar-refractivity contribution in [3.63, 3.8) is 0 Å². The van der Waals surface area contributed by atoms with Gasteiger partial charge in [-0.05, 0) is 43.2 Å². The summed E-state index contributed by atoms with van der Waals surface area (Å²) in [5, 5.41) is 7.92. The molecule has 2 aromatic carbocycles. The Morgan fingerprint density at radius 1 is 0.931 bits per heavy atom. The van der Waals surface area contributed by atoms with Crippen molar-refractivity contribution < 1.29 is 9.59 Å². The van der Waals surface area contributed by atoms with Crippen LogP contribution in [0.5, 0.6) is 0 Å². The van der Waals surface area contributed by atoms with Crippen LogP contribution in [0.25, 0.3) is 0 Å². The molecule has 2 amide bonds. The minimum Gasteiger partial charge on any atom is -0.352 e. The fraction of sp³-hybridized carbons (Fsp3) is 0.217. The molecule has 0 fully saturated rings. The smallest absolute Gasteiger partial charge is 0.252 e. The summed E-state index contributed by atoms with van der Waals surface area (Å²) >= 11 is 1.66. The Labute approximate surface area is 175 Å². The largest absolute Gasteiger partial charge is 0.352 e. The number of likely N-dealkylation sites (N-methyl/N-ethyl adjacent to an activating group) is 1. The molecule has 3 aromatic rings. The molecule has 2 N–H and O–H groups in total. The van der Waals surface area contributed by atoms with E-state index in [2.05, 4.69) is 21.6 Å². The normalized spacial score (nSPS) is 12.9. The lowest BCUT2D eigenvalue weighted by atomic mass is 10.0. The fourth-order valence-corrected chi connectivity index (χ4v) is 3.99. The summed E-state index contributed by atoms with van der Waals surface area (Å²) in [6, 6.07) is 21.6. The minimum atomic E-state index is -0.768. The van der Waals surface area contributed by atoms with Gasteiger partial charge in [-0.1, -0.05) is 54.6 Å². The molecule has 2 atom stereocenters. The first-order valence-electron chi connectivity index (χ1n) is 9.44. The van der Waals surface area contributed by atoms with Crippen LogP contribution in [-0.4, -0.2) is 37.4 Å². The summed E-state index contributed by atoms with van der Waals surface area (Å²) in [6.07, 6.45) is 0. The highest BCUT2D eigenvalue weighted by Gasteiger charge is 2.25. The van der Waals surface area contributed by atoms with Gasteiger partial charge in [-0.15, -0.1) is 11.3 Å². The van der Waals surface area contributed by atoms with Crippen LogP contribution in [0.3, 0.4) is 0 Å². The van der Waals surface area contributed by atoms with E-state index in [1.165, 1.54) is 4.88 Å². The molecule has 0 radical (unpaired) electrons. The van der Waals surface area contributed by atoms with Crippen LogP contribution in [0.15, 0.2) is 78.2 Å². The zero-order valence-electron chi connectivity index (χ0n) is 16.5. The highest BCUT2D eigenvalue weighted by Crippen LogP contribution is 2.23. The summed E-state index contributed by atoms with van der Waals surface area (Å²) in [7, 11) is 3.98. The molecule has 6 heteroatoms. The molecule has 0 saturated carbocycles. The number of hydrogen-bond donors (Lipinski definition) is 2. The van der Waals surface area contributed by atoms with E-state index in [4.69, 9.17) is 0 Å². The molecule has 0 aliphatic rings. The summed E-state index contributed by atoms with van der Waals surface area (Å²) in [4.78, 5) is 29.0. The summed E-state index contributed by atoms with van der Waals surface area (Å²) < 4.78 is 0. The number of carbonyl (C=O) groups excluding carboxylic acids is 2. The Bertz CT molecular complexity index is 912. The van der Waals surface area contributed by atoms with Crippen molar-refractivity contribution in [2.45, 2.75) is 12.1 Å². The molecular formula is C23H25N3O2S. The Kier molecular flexibility index (Phi) is 7.16. The Morgan fingerprint density at radius 2 is 1.59 bits per heavy atom. The molecule has 3 rings (SSSR count). The zero-order valence-corrected chi connectivity index (χ0v) is 17.4. The van der Waals surface area contributed by atoms with Crippen LogP contribution in [0.2, 0.25) is 0 Å². The lowest BCUT2D eigenvalue weighted by Gasteiger charge is -2.25. The molecular weight excluding hydrogens is 382 g/mol. The van der Waals surface area contributed by atoms with E-state index in [1.807, 2.05) is 61.9 Å². The molecule has 2 unspecified atom stereocenters. The Balaban J connectivity index is 1.75. The van der Waals surface area contributed by atoms with Gasteiger partial charge in [0.2, 0.25) is 5.91 Å². The second kappa shape index (κ2) is 10.0. The maximum absolute atomic E-state index is 13.1. The van der Waals surface area contributed by atoms with Gasteiger partial charge in [0.15, 0.2) is 0 Å². The molecule has 0 aliphatic carbocycles. The van der Waals surface area contributed by atoms with Gasteiger partial charge in [-0.25, -0.2) is 0 Å². The van der Waals surface area contributed by atoms with E-state index in [1.54, 1.807) is 35.6 Å². The molecule has 1 aromatic heterocycles. The second-order valence-electron chi connectivity index (χ2n) is 6.92. The molecule has 0 spiro atoms. The minimum absolute atomic E-state index is 0.0696. The van der Waals surface area contributed by atoms with Crippen LogP contribution in [0, 0.1) is 0 Å². The number of nitrogens with one attached hydrogen (secondary N) is 2. The Morgan fingerprint density at radius 3 is 2.17 bits per heavy atom. The molecule has 0 saturated heterocycles. The molecule has 150 valence electrons. The lowest BCUT2D eigenvalue weighted by Crippen LogP contribution is -2.43. The lowest BCUT2D eigenvalue weighted by molar-refractivity contribution is -0.123. The van der Waals surface area contributed by atoms with E-state index in [-0.39, 0.29) is 17.9 Å². The first kappa shape index (κ1) is 20.8. The summed E-state index contributed by atoms with van der Waals surface area (Å²) in [5.41, 5.74) is 1.26. The second-order valence-corrected chi connectivity index (χ2v) is 7.90. The number of nitrogens with zero attached hydrogens (tertiary/aromatic N) is 1. The zero-order chi connectivity index (χ0) is 20.6. The number of hydrogen-bond acceptors (Lipinski definition) is 4. The number of rotatable bonds is 8. The standard InChI is InChI=1S/C23H25N3O2S/c1-26(2)19(20-14-9-15-29-20)16-24-23(28)21(17-10-5-3-6-11-17)25-22(27)18-12-7-4-8-13-18/h3-15,19,21H,16H2,1-2H3,(H,24,28)(H,25,27). The average molecular weight is 408 g/mol. The first-order valence-corrected chi connectivity index (χ1v) is 10.3. The van der Waals surface area contributed by atoms with Gasteiger partial charge in [0.25, 0.3) is 5.91 Å². The highest BCUT2D eigenvalue weighted by atomic mass is 32.1. The first-order chi connectivity index (χ1) is 14.1. The topological polar surface area (TPSA) is 61.4 Å². The fourth-order valence-electron chi connectivity index (χ4n) is 3.07. The van der Waals surface area contributed by atoms with E-state index >= 15 is 0 Å². The third-order valence-corrected chi connectivity index (χ3v) is 5.64. The maximum Gasteiger partial charge on any atom is 0.252 e. The van der Waals surface area contributed by atoms with Gasteiger partial charge in [0, 0.05) is 17.0 Å². The monoisotopic (exact) mass is 407 g/mol. The summed E-state index contributed by atoms with van der Waals surface area (Å²) in [5.74, 6) is -0.513. The number of amides is 2. The van der Waals surface area contributed by atoms with Crippen molar-refractivity contribution in [2.75, 3.05) is 20.6 Å². The van der Waals surface area contributed by atoms with Crippen LogP contribution in [-0.2, 0) is 4.79 Å². The predicted octanol–water partition coefficient (Wildman–Crippen LogP) is 3.64. The third kappa shape index (κ3) is 5.53. The SMILES string of the molecule is CN(C)C(CNC(=O)C(NC(=O)c1ccccc1)c1ccccc1)c1cccs1. The average Bonchev–Trinajstić information content (AvgIpc) is 3.27. The quantitative estimate of drug-likeness (QED) is 0.599. The molecule has 1 heterocycles. The van der Waals surface area contributed by atoms with Crippen molar-refractivity contribution in [1.29, 1.82) is 0 Å². The van der Waals surface area contributed by atoms with Crippen LogP contribution in [0.1, 0.15) is 32.9 Å². The molecule has 29 heavy (non-hydrogen) atoms. The Hall–Kier alpha value is -2.96. The molecule has 5 nitrogen and oxygen atoms in total. The summed E-state index contributed by atoms with van der Waals surface area (Å²) in [6.45, 7) is 0.455. The van der Waals surface area contributed by atoms with Gasteiger partial charge < -0.3 is 15.5 Å². The van der Waals surface area contributed by atoms with E-state index in [9.17, 15) is 9.59 Å². The van der Waals surface area contributed by atoms with Gasteiger partial charge >= 0.3 is 0 Å². The van der Waals surface area contributed by atoms with Gasteiger partial charge in [0.05, 0.1) is 6.04 Å². The molecule has 0 aliphatic heterocycles. The van der Waals surface area contributed by atoms with Crippen molar-refractivity contribution >= 4 is 23.2 Å². The number of carbonyl (C=O) groups is 2. The number of benzene rings is 2.